The molecule has 2 atom stereocenters. The molecule has 0 unspecified atom stereocenters. The molecular formula is C17H30N4OS. The van der Waals surface area contributed by atoms with Crippen molar-refractivity contribution in [1.29, 1.82) is 0 Å². The normalized spacial score (nSPS) is 20.7. The Hall–Kier alpha value is -1.17. The van der Waals surface area contributed by atoms with E-state index in [1.54, 1.807) is 0 Å². The summed E-state index contributed by atoms with van der Waals surface area (Å²) in [5.74, 6) is 1.16. The van der Waals surface area contributed by atoms with E-state index >= 15 is 0 Å². The highest BCUT2D eigenvalue weighted by Crippen LogP contribution is 2.29. The predicted octanol–water partition coefficient (Wildman–Crippen LogP) is 3.02. The lowest BCUT2D eigenvalue weighted by Crippen LogP contribution is -2.41. The van der Waals surface area contributed by atoms with Gasteiger partial charge in [-0.1, -0.05) is 20.8 Å². The fourth-order valence-corrected chi connectivity index (χ4v) is 4.60. The Bertz CT molecular complexity index is 529. The van der Waals surface area contributed by atoms with Crippen LogP contribution in [-0.4, -0.2) is 32.9 Å². The van der Waals surface area contributed by atoms with Gasteiger partial charge in [-0.15, -0.1) is 0 Å². The summed E-state index contributed by atoms with van der Waals surface area (Å²) in [6.07, 6.45) is 5.23. The molecule has 1 aromatic heterocycles. The lowest BCUT2D eigenvalue weighted by molar-refractivity contribution is 0.236. The van der Waals surface area contributed by atoms with Gasteiger partial charge in [0.1, 0.15) is 0 Å². The summed E-state index contributed by atoms with van der Waals surface area (Å²) in [6, 6.07) is 0.273. The quantitative estimate of drug-likeness (QED) is 0.803. The van der Waals surface area contributed by atoms with Crippen molar-refractivity contribution in [3.8, 4) is 0 Å². The number of aromatic nitrogens is 2. The molecule has 1 saturated carbocycles. The average molecular weight is 339 g/mol. The topological polar surface area (TPSA) is 59.0 Å². The molecule has 0 spiro atoms. The maximum Gasteiger partial charge on any atom is 0.315 e. The van der Waals surface area contributed by atoms with Gasteiger partial charge in [-0.25, -0.2) is 4.79 Å². The summed E-state index contributed by atoms with van der Waals surface area (Å²) in [5, 5.41) is 11.4. The smallest absolute Gasteiger partial charge is 0.315 e. The molecule has 1 aliphatic carbocycles. The maximum absolute atomic E-state index is 12.2. The minimum Gasteiger partial charge on any atom is -0.335 e. The lowest BCUT2D eigenvalue weighted by Gasteiger charge is -2.14. The largest absolute Gasteiger partial charge is 0.335 e. The van der Waals surface area contributed by atoms with Crippen LogP contribution in [0.1, 0.15) is 57.0 Å². The summed E-state index contributed by atoms with van der Waals surface area (Å²) in [5.41, 5.74) is 3.48. The third kappa shape index (κ3) is 4.66. The molecule has 23 heavy (non-hydrogen) atoms. The number of nitrogens with zero attached hydrogens (tertiary/aromatic N) is 2. The molecule has 0 aromatic carbocycles. The van der Waals surface area contributed by atoms with E-state index in [2.05, 4.69) is 36.5 Å². The van der Waals surface area contributed by atoms with Gasteiger partial charge in [-0.3, -0.25) is 4.68 Å². The number of hydrogen-bond acceptors (Lipinski definition) is 3. The lowest BCUT2D eigenvalue weighted by atomic mass is 10.1. The second-order valence-electron chi connectivity index (χ2n) is 6.12. The van der Waals surface area contributed by atoms with E-state index in [4.69, 9.17) is 0 Å². The zero-order chi connectivity index (χ0) is 16.8. The van der Waals surface area contributed by atoms with Crippen molar-refractivity contribution in [2.75, 3.05) is 5.75 Å². The molecule has 1 aromatic rings. The number of rotatable bonds is 7. The summed E-state index contributed by atoms with van der Waals surface area (Å²) < 4.78 is 1.94. The average Bonchev–Trinajstić information content (AvgIpc) is 3.09. The number of amides is 2. The highest BCUT2D eigenvalue weighted by molar-refractivity contribution is 7.99. The Balaban J connectivity index is 1.85. The van der Waals surface area contributed by atoms with E-state index in [1.165, 1.54) is 17.7 Å². The molecule has 0 aliphatic heterocycles. The van der Waals surface area contributed by atoms with Crippen LogP contribution in [0.3, 0.4) is 0 Å². The fourth-order valence-electron chi connectivity index (χ4n) is 3.46. The van der Waals surface area contributed by atoms with Crippen LogP contribution in [0.5, 0.6) is 0 Å². The molecule has 2 amide bonds. The molecule has 0 radical (unpaired) electrons. The van der Waals surface area contributed by atoms with Gasteiger partial charge in [0.05, 0.1) is 5.69 Å². The van der Waals surface area contributed by atoms with Crippen LogP contribution in [0.25, 0.3) is 0 Å². The number of nitrogens with one attached hydrogen (secondary N) is 2. The summed E-state index contributed by atoms with van der Waals surface area (Å²) >= 11 is 2.01. The van der Waals surface area contributed by atoms with Crippen LogP contribution >= 0.6 is 11.8 Å². The number of carbonyl (C=O) groups is 1. The minimum absolute atomic E-state index is 0.0508. The Morgan fingerprint density at radius 3 is 2.74 bits per heavy atom. The van der Waals surface area contributed by atoms with Gasteiger partial charge in [0.15, 0.2) is 0 Å². The molecule has 0 saturated heterocycles. The summed E-state index contributed by atoms with van der Waals surface area (Å²) in [7, 11) is 1.98. The molecule has 2 rings (SSSR count). The Morgan fingerprint density at radius 2 is 2.09 bits per heavy atom. The first-order chi connectivity index (χ1) is 11.1. The van der Waals surface area contributed by atoms with Crippen LogP contribution in [-0.2, 0) is 26.4 Å². The van der Waals surface area contributed by atoms with Crippen LogP contribution in [0.2, 0.25) is 0 Å². The highest BCUT2D eigenvalue weighted by atomic mass is 32.2. The van der Waals surface area contributed by atoms with Gasteiger partial charge >= 0.3 is 6.03 Å². The highest BCUT2D eigenvalue weighted by Gasteiger charge is 2.25. The van der Waals surface area contributed by atoms with Gasteiger partial charge in [0, 0.05) is 36.1 Å². The van der Waals surface area contributed by atoms with E-state index in [9.17, 15) is 4.79 Å². The van der Waals surface area contributed by atoms with E-state index in [1.807, 2.05) is 23.5 Å². The Morgan fingerprint density at radius 1 is 1.30 bits per heavy atom. The third-order valence-electron chi connectivity index (χ3n) is 4.58. The molecule has 6 heteroatoms. The van der Waals surface area contributed by atoms with Crippen LogP contribution in [0.15, 0.2) is 0 Å². The number of urea groups is 1. The Labute approximate surface area is 144 Å². The SMILES string of the molecule is CCS[C@@H]1CC[C@@H](NC(=O)NCc2c(CC)nn(C)c2CC)C1. The van der Waals surface area contributed by atoms with E-state index in [-0.39, 0.29) is 6.03 Å². The van der Waals surface area contributed by atoms with Gasteiger partial charge in [0.2, 0.25) is 0 Å². The first-order valence-electron chi connectivity index (χ1n) is 8.78. The molecular weight excluding hydrogens is 308 g/mol. The summed E-state index contributed by atoms with van der Waals surface area (Å²) in [4.78, 5) is 12.2. The van der Waals surface area contributed by atoms with Crippen molar-refractivity contribution >= 4 is 17.8 Å². The Kier molecular flexibility index (Phi) is 6.81. The zero-order valence-electron chi connectivity index (χ0n) is 14.8. The second-order valence-corrected chi connectivity index (χ2v) is 7.69. The van der Waals surface area contributed by atoms with Crippen molar-refractivity contribution in [3.63, 3.8) is 0 Å². The minimum atomic E-state index is -0.0508. The van der Waals surface area contributed by atoms with Crippen LogP contribution < -0.4 is 10.6 Å². The first kappa shape index (κ1) is 18.2. The molecule has 0 bridgehead atoms. The fraction of sp³-hybridized carbons (Fsp3) is 0.765. The van der Waals surface area contributed by atoms with Gasteiger partial charge in [-0.2, -0.15) is 16.9 Å². The second kappa shape index (κ2) is 8.62. The van der Waals surface area contributed by atoms with Crippen molar-refractivity contribution in [3.05, 3.63) is 17.0 Å². The van der Waals surface area contributed by atoms with Crippen LogP contribution in [0, 0.1) is 0 Å². The number of thioether (sulfide) groups is 1. The number of aryl methyl sites for hydroxylation is 2. The molecule has 1 fully saturated rings. The van der Waals surface area contributed by atoms with Crippen molar-refractivity contribution in [2.45, 2.75) is 70.7 Å². The monoisotopic (exact) mass is 338 g/mol. The van der Waals surface area contributed by atoms with Crippen LogP contribution in [0.4, 0.5) is 4.79 Å². The number of hydrogen-bond donors (Lipinski definition) is 2. The molecule has 2 N–H and O–H groups in total. The van der Waals surface area contributed by atoms with Crippen molar-refractivity contribution in [2.24, 2.45) is 7.05 Å². The van der Waals surface area contributed by atoms with Gasteiger partial charge in [-0.05, 0) is 37.9 Å². The first-order valence-corrected chi connectivity index (χ1v) is 9.83. The molecule has 5 nitrogen and oxygen atoms in total. The third-order valence-corrected chi connectivity index (χ3v) is 5.81. The molecule has 1 aliphatic rings. The van der Waals surface area contributed by atoms with E-state index in [0.717, 1.165) is 37.1 Å². The van der Waals surface area contributed by atoms with Gasteiger partial charge < -0.3 is 10.6 Å². The summed E-state index contributed by atoms with van der Waals surface area (Å²) in [6.45, 7) is 6.99. The van der Waals surface area contributed by atoms with Crippen molar-refractivity contribution in [1.82, 2.24) is 20.4 Å². The molecule has 130 valence electrons. The predicted molar refractivity (Wildman–Crippen MR) is 96.9 cm³/mol. The zero-order valence-corrected chi connectivity index (χ0v) is 15.6. The molecule has 1 heterocycles. The maximum atomic E-state index is 12.2. The van der Waals surface area contributed by atoms with Gasteiger partial charge in [0.25, 0.3) is 0 Å². The van der Waals surface area contributed by atoms with E-state index < -0.39 is 0 Å². The van der Waals surface area contributed by atoms with E-state index in [0.29, 0.717) is 17.8 Å². The van der Waals surface area contributed by atoms with Crippen molar-refractivity contribution < 1.29 is 4.79 Å². The number of carbonyl (C=O) groups excluding carboxylic acids is 1. The standard InChI is InChI=1S/C17H30N4OS/c1-5-15-14(16(6-2)21(4)20-15)11-18-17(22)19-12-8-9-13(10-12)23-7-3/h12-13H,5-11H2,1-4H3,(H2,18,19,22)/t12-,13-/m1/s1.